The molecule has 0 amide bonds. The van der Waals surface area contributed by atoms with Crippen LogP contribution in [0.25, 0.3) is 0 Å². The summed E-state index contributed by atoms with van der Waals surface area (Å²) < 4.78 is 0. The van der Waals surface area contributed by atoms with Crippen LogP contribution in [0.1, 0.15) is 36.8 Å². The maximum atomic E-state index is 4.83. The van der Waals surface area contributed by atoms with E-state index in [-0.39, 0.29) is 0 Å². The van der Waals surface area contributed by atoms with Gasteiger partial charge in [0.05, 0.1) is 5.69 Å². The van der Waals surface area contributed by atoms with Crippen molar-refractivity contribution >= 4 is 11.8 Å². The first-order valence-electron chi connectivity index (χ1n) is 7.93. The summed E-state index contributed by atoms with van der Waals surface area (Å²) in [5.74, 6) is 1.48. The Morgan fingerprint density at radius 3 is 2.57 bits per heavy atom. The summed E-state index contributed by atoms with van der Waals surface area (Å²) in [5, 5.41) is 1.09. The maximum Gasteiger partial charge on any atom is 0.122 e. The van der Waals surface area contributed by atoms with Gasteiger partial charge in [-0.05, 0) is 36.1 Å². The van der Waals surface area contributed by atoms with Crippen molar-refractivity contribution in [2.75, 3.05) is 0 Å². The third-order valence-electron chi connectivity index (χ3n) is 3.65. The van der Waals surface area contributed by atoms with Crippen LogP contribution in [0.5, 0.6) is 0 Å². The van der Waals surface area contributed by atoms with Crippen molar-refractivity contribution < 1.29 is 0 Å². The molecule has 1 N–H and O–H groups in total. The fourth-order valence-corrected chi connectivity index (χ4v) is 3.49. The molecule has 0 unspecified atom stereocenters. The Morgan fingerprint density at radius 2 is 1.87 bits per heavy atom. The third kappa shape index (κ3) is 4.23. The van der Waals surface area contributed by atoms with Crippen molar-refractivity contribution in [3.05, 3.63) is 71.9 Å². The molecule has 0 fully saturated rings. The topological polar surface area (TPSA) is 41.6 Å². The Morgan fingerprint density at radius 1 is 1.04 bits per heavy atom. The highest BCUT2D eigenvalue weighted by Crippen LogP contribution is 2.32. The molecular formula is C19H21N3S. The van der Waals surface area contributed by atoms with Crippen LogP contribution >= 0.6 is 11.8 Å². The first kappa shape index (κ1) is 15.8. The van der Waals surface area contributed by atoms with E-state index in [1.54, 1.807) is 11.8 Å². The van der Waals surface area contributed by atoms with Gasteiger partial charge in [0.15, 0.2) is 0 Å². The van der Waals surface area contributed by atoms with Gasteiger partial charge >= 0.3 is 0 Å². The lowest BCUT2D eigenvalue weighted by molar-refractivity contribution is 0.799. The zero-order chi connectivity index (χ0) is 16.1. The second kappa shape index (κ2) is 7.47. The summed E-state index contributed by atoms with van der Waals surface area (Å²) in [4.78, 5) is 13.7. The number of rotatable bonds is 6. The average Bonchev–Trinajstić information content (AvgIpc) is 2.98. The molecule has 0 saturated carbocycles. The fraction of sp³-hybridized carbons (Fsp3) is 0.263. The van der Waals surface area contributed by atoms with E-state index < -0.39 is 0 Å². The van der Waals surface area contributed by atoms with Crippen LogP contribution in [0.4, 0.5) is 0 Å². The Hall–Kier alpha value is -2.07. The highest BCUT2D eigenvalue weighted by Gasteiger charge is 2.14. The summed E-state index contributed by atoms with van der Waals surface area (Å²) in [7, 11) is 0. The minimum Gasteiger partial charge on any atom is -0.345 e. The molecule has 3 nitrogen and oxygen atoms in total. The molecule has 0 aliphatic heterocycles. The molecule has 0 atom stereocenters. The molecule has 1 aromatic carbocycles. The van der Waals surface area contributed by atoms with Gasteiger partial charge in [-0.3, -0.25) is 4.98 Å². The number of H-pyrrole nitrogens is 1. The van der Waals surface area contributed by atoms with Gasteiger partial charge in [0.25, 0.3) is 0 Å². The highest BCUT2D eigenvalue weighted by molar-refractivity contribution is 7.99. The van der Waals surface area contributed by atoms with Gasteiger partial charge in [0.1, 0.15) is 10.9 Å². The number of imidazole rings is 1. The Kier molecular flexibility index (Phi) is 5.13. The van der Waals surface area contributed by atoms with Crippen molar-refractivity contribution in [3.8, 4) is 0 Å². The maximum absolute atomic E-state index is 4.83. The zero-order valence-electron chi connectivity index (χ0n) is 13.5. The lowest BCUT2D eigenvalue weighted by Crippen LogP contribution is -1.94. The number of nitrogens with one attached hydrogen (secondary N) is 1. The van der Waals surface area contributed by atoms with Crippen LogP contribution in [0.2, 0.25) is 0 Å². The molecular weight excluding hydrogens is 302 g/mol. The van der Waals surface area contributed by atoms with E-state index >= 15 is 0 Å². The quantitative estimate of drug-likeness (QED) is 0.704. The fourth-order valence-electron chi connectivity index (χ4n) is 2.42. The largest absolute Gasteiger partial charge is 0.345 e. The lowest BCUT2D eigenvalue weighted by atomic mass is 10.1. The van der Waals surface area contributed by atoms with Gasteiger partial charge in [-0.1, -0.05) is 49.9 Å². The second-order valence-electron chi connectivity index (χ2n) is 5.83. The van der Waals surface area contributed by atoms with Crippen LogP contribution in [0.3, 0.4) is 0 Å². The van der Waals surface area contributed by atoms with Crippen LogP contribution in [0.15, 0.2) is 64.8 Å². The van der Waals surface area contributed by atoms with Gasteiger partial charge in [-0.25, -0.2) is 4.98 Å². The summed E-state index contributed by atoms with van der Waals surface area (Å²) in [6.45, 7) is 4.40. The molecule has 0 radical (unpaired) electrons. The van der Waals surface area contributed by atoms with Crippen LogP contribution < -0.4 is 0 Å². The minimum atomic E-state index is 0.431. The van der Waals surface area contributed by atoms with Crippen molar-refractivity contribution in [1.82, 2.24) is 15.0 Å². The molecule has 3 aromatic rings. The number of aromatic nitrogens is 3. The average molecular weight is 323 g/mol. The van der Waals surface area contributed by atoms with E-state index in [2.05, 4.69) is 54.1 Å². The van der Waals surface area contributed by atoms with E-state index in [0.29, 0.717) is 5.92 Å². The van der Waals surface area contributed by atoms with E-state index in [9.17, 15) is 0 Å². The van der Waals surface area contributed by atoms with Crippen molar-refractivity contribution in [3.63, 3.8) is 0 Å². The zero-order valence-corrected chi connectivity index (χ0v) is 14.3. The number of benzene rings is 1. The molecule has 0 spiro atoms. The Bertz CT molecular complexity index is 736. The normalized spacial score (nSPS) is 11.1. The molecule has 2 aromatic heterocycles. The summed E-state index contributed by atoms with van der Waals surface area (Å²) >= 11 is 1.73. The summed E-state index contributed by atoms with van der Waals surface area (Å²) in [5.41, 5.74) is 2.47. The Labute approximate surface area is 141 Å². The van der Waals surface area contributed by atoms with Gasteiger partial charge in [0.2, 0.25) is 0 Å². The van der Waals surface area contributed by atoms with E-state index in [0.717, 1.165) is 23.7 Å². The molecule has 3 rings (SSSR count). The number of aryl methyl sites for hydroxylation is 2. The predicted molar refractivity (Wildman–Crippen MR) is 94.9 cm³/mol. The first-order chi connectivity index (χ1) is 11.2. The number of hydrogen-bond acceptors (Lipinski definition) is 3. The number of aromatic amines is 1. The smallest absolute Gasteiger partial charge is 0.122 e. The van der Waals surface area contributed by atoms with Gasteiger partial charge in [-0.15, -0.1) is 0 Å². The van der Waals surface area contributed by atoms with Crippen LogP contribution in [-0.4, -0.2) is 15.0 Å². The first-order valence-corrected chi connectivity index (χ1v) is 8.74. The van der Waals surface area contributed by atoms with Crippen LogP contribution in [0, 0.1) is 0 Å². The SMILES string of the molecule is CC(C)c1[nH]c(CCc2cccnc2)nc1Sc1ccccc1. The van der Waals surface area contributed by atoms with Crippen molar-refractivity contribution in [1.29, 1.82) is 0 Å². The summed E-state index contributed by atoms with van der Waals surface area (Å²) in [6.07, 6.45) is 5.59. The number of hydrogen-bond donors (Lipinski definition) is 1. The molecule has 23 heavy (non-hydrogen) atoms. The molecule has 0 aliphatic carbocycles. The molecule has 4 heteroatoms. The molecule has 118 valence electrons. The monoisotopic (exact) mass is 323 g/mol. The number of pyridine rings is 1. The molecule has 2 heterocycles. The van der Waals surface area contributed by atoms with E-state index in [4.69, 9.17) is 4.98 Å². The number of nitrogens with zero attached hydrogens (tertiary/aromatic N) is 2. The van der Waals surface area contributed by atoms with E-state index in [1.807, 2.05) is 24.5 Å². The molecule has 0 aliphatic rings. The highest BCUT2D eigenvalue weighted by atomic mass is 32.2. The van der Waals surface area contributed by atoms with Crippen LogP contribution in [-0.2, 0) is 12.8 Å². The lowest BCUT2D eigenvalue weighted by Gasteiger charge is -2.05. The minimum absolute atomic E-state index is 0.431. The standard InChI is InChI=1S/C19H21N3S/c1-14(2)18-19(23-16-8-4-3-5-9-16)22-17(21-18)11-10-15-7-6-12-20-13-15/h3-9,12-14H,10-11H2,1-2H3,(H,21,22). The van der Waals surface area contributed by atoms with Gasteiger partial charge in [0, 0.05) is 23.7 Å². The van der Waals surface area contributed by atoms with Gasteiger partial charge < -0.3 is 4.98 Å². The second-order valence-corrected chi connectivity index (χ2v) is 6.90. The van der Waals surface area contributed by atoms with Crippen molar-refractivity contribution in [2.24, 2.45) is 0 Å². The molecule has 0 saturated heterocycles. The molecule has 0 bridgehead atoms. The van der Waals surface area contributed by atoms with Crippen molar-refractivity contribution in [2.45, 2.75) is 42.5 Å². The van der Waals surface area contributed by atoms with Gasteiger partial charge in [-0.2, -0.15) is 0 Å². The third-order valence-corrected chi connectivity index (χ3v) is 4.67. The summed E-state index contributed by atoms with van der Waals surface area (Å²) in [6, 6.07) is 14.5. The Balaban J connectivity index is 1.76. The predicted octanol–water partition coefficient (Wildman–Crippen LogP) is 4.86. The van der Waals surface area contributed by atoms with E-state index in [1.165, 1.54) is 16.2 Å².